The maximum absolute atomic E-state index is 11.8. The maximum Gasteiger partial charge on any atom is 0.402 e. The summed E-state index contributed by atoms with van der Waals surface area (Å²) in [5, 5.41) is 0. The number of hydrogen-bond acceptors (Lipinski definition) is 1. The van der Waals surface area contributed by atoms with Crippen molar-refractivity contribution < 1.29 is 13.2 Å². The third kappa shape index (κ3) is 2.08. The van der Waals surface area contributed by atoms with E-state index < -0.39 is 10.9 Å². The molecule has 0 amide bonds. The highest BCUT2D eigenvalue weighted by molar-refractivity contribution is 8.00. The topological polar surface area (TPSA) is 0 Å². The molecule has 0 aromatic heterocycles. The van der Waals surface area contributed by atoms with Crippen molar-refractivity contribution in [3.63, 3.8) is 0 Å². The standard InChI is InChI=1S/C5H9F3S/c1-4(2,9-3)5(6,7)8/h1-3H3. The van der Waals surface area contributed by atoms with Crippen LogP contribution in [0.3, 0.4) is 0 Å². The first kappa shape index (κ1) is 9.14. The zero-order valence-electron chi connectivity index (χ0n) is 5.54. The molecule has 0 aromatic carbocycles. The van der Waals surface area contributed by atoms with E-state index >= 15 is 0 Å². The van der Waals surface area contributed by atoms with Crippen LogP contribution in [-0.2, 0) is 0 Å². The highest BCUT2D eigenvalue weighted by Crippen LogP contribution is 2.38. The fraction of sp³-hybridized carbons (Fsp3) is 1.00. The van der Waals surface area contributed by atoms with Crippen LogP contribution in [0.25, 0.3) is 0 Å². The van der Waals surface area contributed by atoms with Crippen molar-refractivity contribution in [3.8, 4) is 0 Å². The Morgan fingerprint density at radius 3 is 1.44 bits per heavy atom. The van der Waals surface area contributed by atoms with E-state index in [1.165, 1.54) is 6.26 Å². The second-order valence-corrected chi connectivity index (χ2v) is 3.64. The molecule has 0 radical (unpaired) electrons. The summed E-state index contributed by atoms with van der Waals surface area (Å²) < 4.78 is 33.8. The van der Waals surface area contributed by atoms with Gasteiger partial charge in [0.15, 0.2) is 0 Å². The molecule has 56 valence electrons. The van der Waals surface area contributed by atoms with Crippen molar-refractivity contribution in [1.29, 1.82) is 0 Å². The van der Waals surface area contributed by atoms with Gasteiger partial charge in [-0.15, -0.1) is 11.8 Å². The summed E-state index contributed by atoms with van der Waals surface area (Å²) in [6.07, 6.45) is -2.64. The molecule has 0 heterocycles. The number of thioether (sulfide) groups is 1. The SMILES string of the molecule is CSC(C)(C)C(F)(F)F. The summed E-state index contributed by atoms with van der Waals surface area (Å²) in [6.45, 7) is 2.33. The van der Waals surface area contributed by atoms with E-state index in [1.54, 1.807) is 0 Å². The first-order chi connectivity index (χ1) is 3.81. The molecule has 0 aliphatic heterocycles. The van der Waals surface area contributed by atoms with Gasteiger partial charge in [-0.25, -0.2) is 0 Å². The van der Waals surface area contributed by atoms with Gasteiger partial charge in [-0.05, 0) is 20.1 Å². The zero-order chi connectivity index (χ0) is 7.71. The van der Waals surface area contributed by atoms with Gasteiger partial charge in [-0.3, -0.25) is 0 Å². The minimum Gasteiger partial charge on any atom is -0.170 e. The Morgan fingerprint density at radius 1 is 1.11 bits per heavy atom. The second-order valence-electron chi connectivity index (χ2n) is 2.21. The first-order valence-electron chi connectivity index (χ1n) is 2.43. The lowest BCUT2D eigenvalue weighted by Gasteiger charge is -2.24. The average Bonchev–Trinajstić information content (AvgIpc) is 1.64. The van der Waals surface area contributed by atoms with E-state index in [0.717, 1.165) is 25.6 Å². The molecule has 0 spiro atoms. The molecule has 0 aliphatic rings. The fourth-order valence-electron chi connectivity index (χ4n) is 0.116. The number of alkyl halides is 3. The van der Waals surface area contributed by atoms with Gasteiger partial charge in [0.05, 0.1) is 0 Å². The van der Waals surface area contributed by atoms with E-state index in [0.29, 0.717) is 0 Å². The molecule has 0 unspecified atom stereocenters. The number of halogens is 3. The lowest BCUT2D eigenvalue weighted by molar-refractivity contribution is -0.150. The van der Waals surface area contributed by atoms with Gasteiger partial charge < -0.3 is 0 Å². The third-order valence-corrected chi connectivity index (χ3v) is 2.45. The van der Waals surface area contributed by atoms with Crippen LogP contribution < -0.4 is 0 Å². The van der Waals surface area contributed by atoms with Crippen LogP contribution in [0.15, 0.2) is 0 Å². The van der Waals surface area contributed by atoms with E-state index in [9.17, 15) is 13.2 Å². The van der Waals surface area contributed by atoms with Crippen molar-refractivity contribution in [2.24, 2.45) is 0 Å². The summed E-state index contributed by atoms with van der Waals surface area (Å²) in [5.41, 5.74) is 0. The van der Waals surface area contributed by atoms with Gasteiger partial charge in [0.1, 0.15) is 4.75 Å². The van der Waals surface area contributed by atoms with Crippen LogP contribution in [0.2, 0.25) is 0 Å². The van der Waals surface area contributed by atoms with Crippen molar-refractivity contribution in [2.45, 2.75) is 24.8 Å². The van der Waals surface area contributed by atoms with Crippen LogP contribution in [0, 0.1) is 0 Å². The molecule has 0 fully saturated rings. The first-order valence-corrected chi connectivity index (χ1v) is 3.65. The van der Waals surface area contributed by atoms with Crippen LogP contribution in [0.4, 0.5) is 13.2 Å². The quantitative estimate of drug-likeness (QED) is 0.565. The summed E-state index contributed by atoms with van der Waals surface area (Å²) >= 11 is 0.809. The Bertz CT molecular complexity index is 94.9. The summed E-state index contributed by atoms with van der Waals surface area (Å²) in [5.74, 6) is 0. The number of rotatable bonds is 1. The fourth-order valence-corrected chi connectivity index (χ4v) is 0.347. The molecular formula is C5H9F3S. The summed E-state index contributed by atoms with van der Waals surface area (Å²) in [4.78, 5) is 0. The Hall–Kier alpha value is 0.140. The molecule has 9 heavy (non-hydrogen) atoms. The normalized spacial score (nSPS) is 14.0. The molecular weight excluding hydrogens is 149 g/mol. The van der Waals surface area contributed by atoms with Gasteiger partial charge in [-0.2, -0.15) is 13.2 Å². The van der Waals surface area contributed by atoms with Gasteiger partial charge in [0, 0.05) is 0 Å². The monoisotopic (exact) mass is 158 g/mol. The predicted octanol–water partition coefficient (Wildman–Crippen LogP) is 2.69. The Kier molecular flexibility index (Phi) is 2.44. The maximum atomic E-state index is 11.8. The molecule has 0 aliphatic carbocycles. The van der Waals surface area contributed by atoms with E-state index in [1.807, 2.05) is 0 Å². The minimum absolute atomic E-state index is 0.809. The van der Waals surface area contributed by atoms with E-state index in [4.69, 9.17) is 0 Å². The predicted molar refractivity (Wildman–Crippen MR) is 33.6 cm³/mol. The lowest BCUT2D eigenvalue weighted by Crippen LogP contribution is -2.35. The molecule has 0 saturated carbocycles. The smallest absolute Gasteiger partial charge is 0.170 e. The highest BCUT2D eigenvalue weighted by Gasteiger charge is 2.46. The molecule has 0 N–H and O–H groups in total. The average molecular weight is 158 g/mol. The minimum atomic E-state index is -4.09. The van der Waals surface area contributed by atoms with Gasteiger partial charge in [0.2, 0.25) is 0 Å². The largest absolute Gasteiger partial charge is 0.402 e. The van der Waals surface area contributed by atoms with Gasteiger partial charge in [0.25, 0.3) is 0 Å². The van der Waals surface area contributed by atoms with Crippen LogP contribution in [0.1, 0.15) is 13.8 Å². The Morgan fingerprint density at radius 2 is 1.44 bits per heavy atom. The molecule has 0 bridgehead atoms. The molecule has 0 saturated heterocycles. The number of hydrogen-bond donors (Lipinski definition) is 0. The molecule has 0 nitrogen and oxygen atoms in total. The van der Waals surface area contributed by atoms with Gasteiger partial charge in [-0.1, -0.05) is 0 Å². The Labute approximate surface area is 56.8 Å². The third-order valence-electron chi connectivity index (χ3n) is 1.19. The summed E-state index contributed by atoms with van der Waals surface area (Å²) in [7, 11) is 0. The molecule has 0 atom stereocenters. The van der Waals surface area contributed by atoms with Crippen LogP contribution in [0.5, 0.6) is 0 Å². The lowest BCUT2D eigenvalue weighted by atomic mass is 10.2. The molecule has 4 heteroatoms. The summed E-state index contributed by atoms with van der Waals surface area (Å²) in [6, 6.07) is 0. The van der Waals surface area contributed by atoms with Crippen molar-refractivity contribution in [3.05, 3.63) is 0 Å². The Balaban J connectivity index is 4.14. The van der Waals surface area contributed by atoms with E-state index in [-0.39, 0.29) is 0 Å². The molecule has 0 rings (SSSR count). The van der Waals surface area contributed by atoms with Crippen molar-refractivity contribution >= 4 is 11.8 Å². The van der Waals surface area contributed by atoms with Crippen molar-refractivity contribution in [2.75, 3.05) is 6.26 Å². The van der Waals surface area contributed by atoms with Crippen LogP contribution >= 0.6 is 11.8 Å². The van der Waals surface area contributed by atoms with Gasteiger partial charge >= 0.3 is 6.18 Å². The molecule has 0 aromatic rings. The van der Waals surface area contributed by atoms with Crippen molar-refractivity contribution in [1.82, 2.24) is 0 Å². The second kappa shape index (κ2) is 2.40. The van der Waals surface area contributed by atoms with E-state index in [2.05, 4.69) is 0 Å². The van der Waals surface area contributed by atoms with Crippen LogP contribution in [-0.4, -0.2) is 17.2 Å². The zero-order valence-corrected chi connectivity index (χ0v) is 6.36. The highest BCUT2D eigenvalue weighted by atomic mass is 32.2.